The Morgan fingerprint density at radius 2 is 2.04 bits per heavy atom. The number of hydrogen-bond acceptors (Lipinski definition) is 5. The number of nitrogens with zero attached hydrogens (tertiary/aromatic N) is 3. The number of rotatable bonds is 2. The number of para-hydroxylation sites is 1. The van der Waals surface area contributed by atoms with Crippen LogP contribution in [-0.4, -0.2) is 52.5 Å². The first kappa shape index (κ1) is 16.7. The van der Waals surface area contributed by atoms with Crippen LogP contribution in [0.3, 0.4) is 0 Å². The highest BCUT2D eigenvalue weighted by molar-refractivity contribution is 6.04. The summed E-state index contributed by atoms with van der Waals surface area (Å²) in [5, 5.41) is 5.33. The zero-order chi connectivity index (χ0) is 16.3. The minimum absolute atomic E-state index is 0. The van der Waals surface area contributed by atoms with E-state index in [-0.39, 0.29) is 24.5 Å². The molecule has 25 heavy (non-hydrogen) atoms. The van der Waals surface area contributed by atoms with Crippen molar-refractivity contribution in [3.63, 3.8) is 0 Å². The maximum Gasteiger partial charge on any atom is 0.359 e. The molecular formula is C18H22ClN3O3. The summed E-state index contributed by atoms with van der Waals surface area (Å²) < 4.78 is 13.4. The molecule has 3 aliphatic heterocycles. The molecule has 3 aliphatic rings. The predicted molar refractivity (Wildman–Crippen MR) is 95.5 cm³/mol. The molecule has 0 amide bonds. The number of esters is 1. The van der Waals surface area contributed by atoms with E-state index in [1.54, 1.807) is 0 Å². The van der Waals surface area contributed by atoms with Gasteiger partial charge in [-0.15, -0.1) is 12.4 Å². The lowest BCUT2D eigenvalue weighted by atomic mass is 10.0. The van der Waals surface area contributed by atoms with Gasteiger partial charge in [0, 0.05) is 30.3 Å². The molecule has 134 valence electrons. The Balaban J connectivity index is 0.00000157. The molecule has 2 unspecified atom stereocenters. The zero-order valence-electron chi connectivity index (χ0n) is 14.2. The first-order valence-corrected chi connectivity index (χ1v) is 8.76. The smallest absolute Gasteiger partial charge is 0.359 e. The van der Waals surface area contributed by atoms with Crippen LogP contribution < -0.4 is 4.74 Å². The SMILES string of the molecule is CN1C2CCC1CC(OC(=O)c1nn3c4c(cccc14)OCC3)C2.Cl. The average molecular weight is 364 g/mol. The molecule has 7 heteroatoms. The van der Waals surface area contributed by atoms with Crippen LogP contribution >= 0.6 is 12.4 Å². The molecule has 2 bridgehead atoms. The Labute approximate surface area is 152 Å². The number of fused-ring (bicyclic) bond motifs is 2. The van der Waals surface area contributed by atoms with E-state index in [2.05, 4.69) is 17.0 Å². The quantitative estimate of drug-likeness (QED) is 0.768. The van der Waals surface area contributed by atoms with E-state index in [0.717, 1.165) is 29.5 Å². The molecule has 2 aromatic rings. The highest BCUT2D eigenvalue weighted by atomic mass is 35.5. The molecule has 1 aromatic carbocycles. The van der Waals surface area contributed by atoms with Gasteiger partial charge in [-0.2, -0.15) is 5.10 Å². The fourth-order valence-corrected chi connectivity index (χ4v) is 4.54. The predicted octanol–water partition coefficient (Wildman–Crippen LogP) is 2.63. The van der Waals surface area contributed by atoms with Gasteiger partial charge in [0.1, 0.15) is 24.0 Å². The van der Waals surface area contributed by atoms with Gasteiger partial charge in [-0.05, 0) is 26.0 Å². The number of carbonyl (C=O) groups is 1. The van der Waals surface area contributed by atoms with Gasteiger partial charge in [0.2, 0.25) is 0 Å². The molecule has 2 fully saturated rings. The molecule has 4 heterocycles. The van der Waals surface area contributed by atoms with Crippen LogP contribution in [0, 0.1) is 0 Å². The summed E-state index contributed by atoms with van der Waals surface area (Å²) in [7, 11) is 2.19. The average Bonchev–Trinajstić information content (AvgIpc) is 3.04. The molecule has 5 rings (SSSR count). The van der Waals surface area contributed by atoms with Crippen molar-refractivity contribution in [3.05, 3.63) is 23.9 Å². The largest absolute Gasteiger partial charge is 0.489 e. The van der Waals surface area contributed by atoms with Crippen molar-refractivity contribution in [1.29, 1.82) is 0 Å². The maximum absolute atomic E-state index is 12.8. The van der Waals surface area contributed by atoms with Crippen molar-refractivity contribution in [2.45, 2.75) is 50.4 Å². The molecule has 0 spiro atoms. The zero-order valence-corrected chi connectivity index (χ0v) is 15.0. The maximum atomic E-state index is 12.8. The van der Waals surface area contributed by atoms with Gasteiger partial charge in [0.25, 0.3) is 0 Å². The number of hydrogen-bond donors (Lipinski definition) is 0. The Morgan fingerprint density at radius 1 is 1.28 bits per heavy atom. The first-order chi connectivity index (χ1) is 11.7. The Hall–Kier alpha value is -1.79. The van der Waals surface area contributed by atoms with E-state index in [9.17, 15) is 4.79 Å². The third-order valence-electron chi connectivity index (χ3n) is 5.82. The van der Waals surface area contributed by atoms with E-state index < -0.39 is 0 Å². The second kappa shape index (κ2) is 6.18. The summed E-state index contributed by atoms with van der Waals surface area (Å²) in [6, 6.07) is 6.85. The lowest BCUT2D eigenvalue weighted by Gasteiger charge is -2.35. The molecule has 2 atom stereocenters. The first-order valence-electron chi connectivity index (χ1n) is 8.76. The van der Waals surface area contributed by atoms with Crippen molar-refractivity contribution in [1.82, 2.24) is 14.7 Å². The molecule has 0 saturated carbocycles. The summed E-state index contributed by atoms with van der Waals surface area (Å²) in [4.78, 5) is 15.2. The monoisotopic (exact) mass is 363 g/mol. The van der Waals surface area contributed by atoms with E-state index >= 15 is 0 Å². The minimum atomic E-state index is -0.299. The van der Waals surface area contributed by atoms with Crippen LogP contribution in [0.1, 0.15) is 36.2 Å². The molecule has 0 aliphatic carbocycles. The van der Waals surface area contributed by atoms with Crippen LogP contribution in [0.5, 0.6) is 5.75 Å². The van der Waals surface area contributed by atoms with E-state index in [0.29, 0.717) is 30.9 Å². The fourth-order valence-electron chi connectivity index (χ4n) is 4.54. The van der Waals surface area contributed by atoms with Gasteiger partial charge in [0.15, 0.2) is 5.69 Å². The summed E-state index contributed by atoms with van der Waals surface area (Å²) in [5.41, 5.74) is 1.32. The molecule has 0 N–H and O–H groups in total. The van der Waals surface area contributed by atoms with Crippen LogP contribution in [0.15, 0.2) is 18.2 Å². The van der Waals surface area contributed by atoms with Crippen LogP contribution in [-0.2, 0) is 11.3 Å². The topological polar surface area (TPSA) is 56.6 Å². The summed E-state index contributed by atoms with van der Waals surface area (Å²) in [5.74, 6) is 0.495. The summed E-state index contributed by atoms with van der Waals surface area (Å²) in [6.45, 7) is 1.25. The van der Waals surface area contributed by atoms with Gasteiger partial charge in [0.05, 0.1) is 6.54 Å². The number of aromatic nitrogens is 2. The van der Waals surface area contributed by atoms with E-state index in [1.807, 2.05) is 22.9 Å². The van der Waals surface area contributed by atoms with Crippen LogP contribution in [0.25, 0.3) is 10.9 Å². The number of benzene rings is 1. The van der Waals surface area contributed by atoms with Crippen molar-refractivity contribution < 1.29 is 14.3 Å². The third-order valence-corrected chi connectivity index (χ3v) is 5.82. The third kappa shape index (κ3) is 2.59. The normalized spacial score (nSPS) is 27.6. The summed E-state index contributed by atoms with van der Waals surface area (Å²) >= 11 is 0. The highest BCUT2D eigenvalue weighted by Gasteiger charge is 2.40. The summed E-state index contributed by atoms with van der Waals surface area (Å²) in [6.07, 6.45) is 4.31. The molecular weight excluding hydrogens is 342 g/mol. The second-order valence-electron chi connectivity index (χ2n) is 7.12. The second-order valence-corrected chi connectivity index (χ2v) is 7.12. The van der Waals surface area contributed by atoms with Gasteiger partial charge < -0.3 is 14.4 Å². The van der Waals surface area contributed by atoms with Crippen molar-refractivity contribution in [2.24, 2.45) is 0 Å². The van der Waals surface area contributed by atoms with Gasteiger partial charge in [-0.3, -0.25) is 4.68 Å². The number of piperidine rings is 1. The lowest BCUT2D eigenvalue weighted by molar-refractivity contribution is -0.000896. The van der Waals surface area contributed by atoms with Gasteiger partial charge >= 0.3 is 5.97 Å². The molecule has 1 aromatic heterocycles. The molecule has 0 radical (unpaired) electrons. The van der Waals surface area contributed by atoms with Crippen molar-refractivity contribution in [3.8, 4) is 5.75 Å². The van der Waals surface area contributed by atoms with Crippen LogP contribution in [0.4, 0.5) is 0 Å². The van der Waals surface area contributed by atoms with Crippen molar-refractivity contribution >= 4 is 29.3 Å². The van der Waals surface area contributed by atoms with Gasteiger partial charge in [-0.1, -0.05) is 12.1 Å². The Bertz CT molecular complexity index is 807. The lowest BCUT2D eigenvalue weighted by Crippen LogP contribution is -2.43. The Morgan fingerprint density at radius 3 is 2.80 bits per heavy atom. The number of halogens is 1. The molecule has 2 saturated heterocycles. The van der Waals surface area contributed by atoms with E-state index in [1.165, 1.54) is 12.8 Å². The Kier molecular flexibility index (Phi) is 4.12. The van der Waals surface area contributed by atoms with Crippen molar-refractivity contribution in [2.75, 3.05) is 13.7 Å². The van der Waals surface area contributed by atoms with Gasteiger partial charge in [-0.25, -0.2) is 4.79 Å². The highest BCUT2D eigenvalue weighted by Crippen LogP contribution is 2.36. The molecule has 6 nitrogen and oxygen atoms in total. The standard InChI is InChI=1S/C18H21N3O3.ClH/c1-20-11-5-6-12(20)10-13(9-11)24-18(22)16-14-3-2-4-15-17(14)21(19-16)7-8-23-15;/h2-4,11-13H,5-10H2,1H3;1H. The minimum Gasteiger partial charge on any atom is -0.489 e. The van der Waals surface area contributed by atoms with Crippen LogP contribution in [0.2, 0.25) is 0 Å². The number of carbonyl (C=O) groups excluding carboxylic acids is 1. The number of ether oxygens (including phenoxy) is 2. The van der Waals surface area contributed by atoms with E-state index in [4.69, 9.17) is 9.47 Å². The fraction of sp³-hybridized carbons (Fsp3) is 0.556.